The molecular weight excluding hydrogens is 660 g/mol. The molecule has 276 valence electrons. The molecule has 0 bridgehead atoms. The van der Waals surface area contributed by atoms with Gasteiger partial charge < -0.3 is 28.4 Å². The standard InChI is InChI=1S/C39H48O12/c1-7-46-31(40)37(32(41)47-8-2,19-25-13-15-27-21-38(23-29(27)17-25,33(42)48-9-3)34(43)49-10-4)20-26-14-16-28-22-39(24-30(28)18-26,35(44)50-11-5)36(45)51-12-6/h13-18H,7-12,19-24H2,1-6H3. The van der Waals surface area contributed by atoms with Crippen LogP contribution in [0.5, 0.6) is 0 Å². The summed E-state index contributed by atoms with van der Waals surface area (Å²) in [5, 5.41) is 0. The van der Waals surface area contributed by atoms with E-state index in [0.29, 0.717) is 22.3 Å². The van der Waals surface area contributed by atoms with Gasteiger partial charge in [0.2, 0.25) is 0 Å². The second-order valence-corrected chi connectivity index (χ2v) is 12.8. The molecule has 4 rings (SSSR count). The second-order valence-electron chi connectivity index (χ2n) is 12.8. The van der Waals surface area contributed by atoms with Crippen molar-refractivity contribution in [3.63, 3.8) is 0 Å². The molecule has 2 aliphatic rings. The van der Waals surface area contributed by atoms with E-state index >= 15 is 0 Å². The van der Waals surface area contributed by atoms with Gasteiger partial charge in [0.15, 0.2) is 16.2 Å². The fourth-order valence-corrected chi connectivity index (χ4v) is 7.17. The van der Waals surface area contributed by atoms with E-state index in [1.165, 1.54) is 0 Å². The zero-order valence-electron chi connectivity index (χ0n) is 30.3. The summed E-state index contributed by atoms with van der Waals surface area (Å²) >= 11 is 0. The number of hydrogen-bond donors (Lipinski definition) is 0. The largest absolute Gasteiger partial charge is 0.465 e. The van der Waals surface area contributed by atoms with Crippen LogP contribution >= 0.6 is 0 Å². The van der Waals surface area contributed by atoms with Gasteiger partial charge in [0, 0.05) is 0 Å². The number of carbonyl (C=O) groups is 6. The highest BCUT2D eigenvalue weighted by atomic mass is 16.6. The fourth-order valence-electron chi connectivity index (χ4n) is 7.17. The molecule has 51 heavy (non-hydrogen) atoms. The lowest BCUT2D eigenvalue weighted by Gasteiger charge is -2.30. The smallest absolute Gasteiger partial charge is 0.324 e. The van der Waals surface area contributed by atoms with Crippen molar-refractivity contribution in [2.24, 2.45) is 16.2 Å². The van der Waals surface area contributed by atoms with Gasteiger partial charge in [-0.1, -0.05) is 36.4 Å². The minimum Gasteiger partial charge on any atom is -0.465 e. The van der Waals surface area contributed by atoms with Crippen molar-refractivity contribution in [2.45, 2.75) is 80.1 Å². The molecule has 12 heteroatoms. The molecule has 0 amide bonds. The average Bonchev–Trinajstić information content (AvgIpc) is 3.69. The van der Waals surface area contributed by atoms with Gasteiger partial charge in [-0.15, -0.1) is 0 Å². The van der Waals surface area contributed by atoms with Gasteiger partial charge in [0.1, 0.15) is 0 Å². The Morgan fingerprint density at radius 3 is 1.06 bits per heavy atom. The molecule has 0 heterocycles. The third-order valence-electron chi connectivity index (χ3n) is 9.52. The molecule has 2 aliphatic carbocycles. The molecule has 0 aromatic heterocycles. The Hall–Kier alpha value is -4.74. The molecule has 0 atom stereocenters. The lowest BCUT2D eigenvalue weighted by Crippen LogP contribution is -2.46. The minimum absolute atomic E-state index is 0.0115. The third-order valence-corrected chi connectivity index (χ3v) is 9.52. The lowest BCUT2D eigenvalue weighted by atomic mass is 9.75. The van der Waals surface area contributed by atoms with Crippen LogP contribution in [0.2, 0.25) is 0 Å². The van der Waals surface area contributed by atoms with Crippen LogP contribution in [0.3, 0.4) is 0 Å². The Labute approximate surface area is 298 Å². The molecule has 0 aliphatic heterocycles. The van der Waals surface area contributed by atoms with Crippen molar-refractivity contribution in [2.75, 3.05) is 39.6 Å². The number of fused-ring (bicyclic) bond motifs is 2. The molecule has 0 fully saturated rings. The Kier molecular flexibility index (Phi) is 12.6. The summed E-state index contributed by atoms with van der Waals surface area (Å²) in [7, 11) is 0. The quantitative estimate of drug-likeness (QED) is 0.140. The highest BCUT2D eigenvalue weighted by Crippen LogP contribution is 2.43. The zero-order chi connectivity index (χ0) is 37.4. The molecule has 0 radical (unpaired) electrons. The summed E-state index contributed by atoms with van der Waals surface area (Å²) in [6.07, 6.45) is 0.0258. The monoisotopic (exact) mass is 708 g/mol. The Bertz CT molecular complexity index is 1500. The van der Waals surface area contributed by atoms with Gasteiger partial charge in [0.05, 0.1) is 39.6 Å². The first-order valence-electron chi connectivity index (χ1n) is 17.6. The Morgan fingerprint density at radius 1 is 0.471 bits per heavy atom. The summed E-state index contributed by atoms with van der Waals surface area (Å²) in [6, 6.07) is 10.7. The van der Waals surface area contributed by atoms with Crippen LogP contribution < -0.4 is 0 Å². The molecule has 2 aromatic carbocycles. The van der Waals surface area contributed by atoms with E-state index < -0.39 is 52.1 Å². The Morgan fingerprint density at radius 2 is 0.765 bits per heavy atom. The van der Waals surface area contributed by atoms with Crippen molar-refractivity contribution in [3.8, 4) is 0 Å². The fraction of sp³-hybridized carbons (Fsp3) is 0.538. The maximum atomic E-state index is 13.9. The minimum atomic E-state index is -1.83. The summed E-state index contributed by atoms with van der Waals surface area (Å²) in [5.74, 6) is -4.21. The van der Waals surface area contributed by atoms with Crippen molar-refractivity contribution in [1.29, 1.82) is 0 Å². The summed E-state index contributed by atoms with van der Waals surface area (Å²) in [4.78, 5) is 80.5. The highest BCUT2D eigenvalue weighted by Gasteiger charge is 2.55. The lowest BCUT2D eigenvalue weighted by molar-refractivity contribution is -0.173. The van der Waals surface area contributed by atoms with E-state index in [2.05, 4.69) is 0 Å². The van der Waals surface area contributed by atoms with Crippen LogP contribution in [0.25, 0.3) is 0 Å². The molecule has 0 saturated carbocycles. The molecular formula is C39H48O12. The van der Waals surface area contributed by atoms with Gasteiger partial charge in [-0.05, 0) is 113 Å². The number of esters is 6. The van der Waals surface area contributed by atoms with Crippen molar-refractivity contribution >= 4 is 35.8 Å². The van der Waals surface area contributed by atoms with Gasteiger partial charge in [-0.3, -0.25) is 28.8 Å². The average molecular weight is 709 g/mol. The van der Waals surface area contributed by atoms with Crippen molar-refractivity contribution in [1.82, 2.24) is 0 Å². The van der Waals surface area contributed by atoms with Crippen LogP contribution in [-0.2, 0) is 95.7 Å². The molecule has 0 N–H and O–H groups in total. The van der Waals surface area contributed by atoms with Crippen LogP contribution in [0.1, 0.15) is 74.9 Å². The van der Waals surface area contributed by atoms with Gasteiger partial charge >= 0.3 is 35.8 Å². The first kappa shape index (κ1) is 39.1. The van der Waals surface area contributed by atoms with Gasteiger partial charge in [-0.25, -0.2) is 0 Å². The summed E-state index contributed by atoms with van der Waals surface area (Å²) < 4.78 is 32.3. The van der Waals surface area contributed by atoms with E-state index in [0.717, 1.165) is 11.1 Å². The topological polar surface area (TPSA) is 158 Å². The number of carbonyl (C=O) groups excluding carboxylic acids is 6. The van der Waals surface area contributed by atoms with Crippen molar-refractivity contribution < 1.29 is 57.2 Å². The predicted octanol–water partition coefficient (Wildman–Crippen LogP) is 4.01. The van der Waals surface area contributed by atoms with E-state index in [1.54, 1.807) is 77.9 Å². The molecule has 0 unspecified atom stereocenters. The van der Waals surface area contributed by atoms with Gasteiger partial charge in [-0.2, -0.15) is 0 Å². The third kappa shape index (κ3) is 7.64. The van der Waals surface area contributed by atoms with E-state index in [1.807, 2.05) is 0 Å². The number of ether oxygens (including phenoxy) is 6. The van der Waals surface area contributed by atoms with E-state index in [4.69, 9.17) is 28.4 Å². The van der Waals surface area contributed by atoms with Crippen LogP contribution in [0, 0.1) is 16.2 Å². The number of rotatable bonds is 16. The molecule has 12 nitrogen and oxygen atoms in total. The molecule has 0 spiro atoms. The van der Waals surface area contributed by atoms with E-state index in [9.17, 15) is 28.8 Å². The number of benzene rings is 2. The second kappa shape index (κ2) is 16.5. The maximum absolute atomic E-state index is 13.9. The SMILES string of the molecule is CCOC(=O)C(Cc1ccc2c(c1)CC(C(=O)OCC)(C(=O)OCC)C2)(Cc1ccc2c(c1)CC(C(=O)OCC)(C(=O)OCC)C2)C(=O)OCC. The van der Waals surface area contributed by atoms with Crippen LogP contribution in [0.15, 0.2) is 36.4 Å². The van der Waals surface area contributed by atoms with Crippen LogP contribution in [0.4, 0.5) is 0 Å². The Balaban J connectivity index is 1.74. The highest BCUT2D eigenvalue weighted by molar-refractivity contribution is 6.03. The number of hydrogen-bond acceptors (Lipinski definition) is 12. The maximum Gasteiger partial charge on any atom is 0.324 e. The zero-order valence-corrected chi connectivity index (χ0v) is 30.3. The first-order valence-corrected chi connectivity index (χ1v) is 17.6. The van der Waals surface area contributed by atoms with E-state index in [-0.39, 0.29) is 78.2 Å². The van der Waals surface area contributed by atoms with Gasteiger partial charge in [0.25, 0.3) is 0 Å². The normalized spacial score (nSPS) is 15.2. The first-order chi connectivity index (χ1) is 24.4. The molecule has 2 aromatic rings. The predicted molar refractivity (Wildman–Crippen MR) is 182 cm³/mol. The van der Waals surface area contributed by atoms with Crippen molar-refractivity contribution in [3.05, 3.63) is 69.8 Å². The molecule has 0 saturated heterocycles. The van der Waals surface area contributed by atoms with Crippen LogP contribution in [-0.4, -0.2) is 75.5 Å². The summed E-state index contributed by atoms with van der Waals surface area (Å²) in [6.45, 7) is 10.4. The summed E-state index contributed by atoms with van der Waals surface area (Å²) in [5.41, 5.74) is -0.843.